The van der Waals surface area contributed by atoms with Crippen LogP contribution >= 0.6 is 0 Å². The fraction of sp³-hybridized carbons (Fsp3) is 0.255. The van der Waals surface area contributed by atoms with Gasteiger partial charge in [-0.15, -0.1) is 18.2 Å². The van der Waals surface area contributed by atoms with Gasteiger partial charge in [0.05, 0.1) is 30.5 Å². The van der Waals surface area contributed by atoms with E-state index in [0.29, 0.717) is 23.1 Å². The molecule has 0 aliphatic rings. The Morgan fingerprint density at radius 2 is 1.48 bits per heavy atom. The van der Waals surface area contributed by atoms with Crippen LogP contribution in [0.5, 0.6) is 0 Å². The molecule has 9 rings (SSSR count). The van der Waals surface area contributed by atoms with E-state index >= 15 is 0 Å². The van der Waals surface area contributed by atoms with E-state index in [-0.39, 0.29) is 31.2 Å². The monoisotopic (exact) mass is 1030 g/mol. The van der Waals surface area contributed by atoms with Crippen LogP contribution in [0.25, 0.3) is 72.6 Å². The Labute approximate surface area is 391 Å². The molecule has 0 aliphatic carbocycles. The number of halogens is 1. The maximum atomic E-state index is 14.7. The molecular weight excluding hydrogens is 972 g/mol. The van der Waals surface area contributed by atoms with Gasteiger partial charge in [-0.25, -0.2) is 0 Å². The average Bonchev–Trinajstić information content (AvgIpc) is 3.84. The molecule has 0 fully saturated rings. The number of benzene rings is 5. The first-order chi connectivity index (χ1) is 31.1. The number of nitrogens with zero attached hydrogens (tertiary/aromatic N) is 4. The summed E-state index contributed by atoms with van der Waals surface area (Å²) < 4.78 is 54.2. The van der Waals surface area contributed by atoms with Crippen molar-refractivity contribution in [1.82, 2.24) is 19.5 Å². The number of imidazole rings is 1. The van der Waals surface area contributed by atoms with Gasteiger partial charge in [-0.2, -0.15) is 0 Å². The quantitative estimate of drug-likeness (QED) is 0.112. The van der Waals surface area contributed by atoms with Gasteiger partial charge in [-0.1, -0.05) is 163 Å². The van der Waals surface area contributed by atoms with Crippen molar-refractivity contribution in [3.05, 3.63) is 161 Å². The van der Waals surface area contributed by atoms with Crippen molar-refractivity contribution < 1.29 is 34.4 Å². The molecule has 4 heterocycles. The molecule has 323 valence electrons. The summed E-state index contributed by atoms with van der Waals surface area (Å²) >= 11 is 0. The molecule has 4 aromatic heterocycles. The third-order valence-electron chi connectivity index (χ3n) is 11.5. The van der Waals surface area contributed by atoms with Crippen LogP contribution in [0.4, 0.5) is 4.39 Å². The predicted molar refractivity (Wildman–Crippen MR) is 259 cm³/mol. The summed E-state index contributed by atoms with van der Waals surface area (Å²) in [5.41, 5.74) is 13.3. The summed E-state index contributed by atoms with van der Waals surface area (Å²) in [6, 6.07) is 40.5. The first-order valence-electron chi connectivity index (χ1n) is 23.3. The standard InChI is InChI=1S/C37H32N3O.C18H23FNSi.Ir/c1-22(2)28-18-26(25-13-7-6-8-14-25)19-29(23(3)4)36(28)40-31-16-10-9-15-30(31)39-37(40)27-20-33-35(38-21-27)34-24(5)12-11-17-32(34)41-33;1-12(2)15-10-16(20-11-17(15)21(4,5)6)14-9-7-8-13(3)18(14)19;/h6-19,21-23H,1-5H3;7-8,10-12H,1-6H3;/q2*-1;/i;3D3,12D;. The fourth-order valence-corrected chi connectivity index (χ4v) is 9.81. The van der Waals surface area contributed by atoms with E-state index < -0.39 is 26.6 Å². The van der Waals surface area contributed by atoms with Crippen molar-refractivity contribution in [2.45, 2.75) is 92.7 Å². The van der Waals surface area contributed by atoms with Gasteiger partial charge >= 0.3 is 0 Å². The van der Waals surface area contributed by atoms with E-state index in [1.807, 2.05) is 24.4 Å². The summed E-state index contributed by atoms with van der Waals surface area (Å²) in [6.45, 7) is 18.7. The molecule has 0 N–H and O–H groups in total. The van der Waals surface area contributed by atoms with Crippen LogP contribution in [-0.4, -0.2) is 27.6 Å². The SMILES string of the molecule is Cc1cccc2oc3[c-]c(-c4nc5ccccc5n4-c4c(C(C)C)cc(-c5ccccc5)cc4C(C)C)cnc3c12.[2H]C([2H])([2H])c1cc[c-]c(-c2cc(C([2H])(C)C)c([Si](C)(C)C)cn2)c1F.[Ir]. The number of aryl methyl sites for hydroxylation is 2. The van der Waals surface area contributed by atoms with Crippen molar-refractivity contribution in [3.63, 3.8) is 0 Å². The van der Waals surface area contributed by atoms with Crippen LogP contribution in [-0.2, 0) is 20.1 Å². The maximum Gasteiger partial charge on any atom is 0.125 e. The van der Waals surface area contributed by atoms with Gasteiger partial charge in [-0.3, -0.25) is 9.37 Å². The van der Waals surface area contributed by atoms with Gasteiger partial charge in [0.2, 0.25) is 0 Å². The molecule has 8 heteroatoms. The van der Waals surface area contributed by atoms with E-state index in [0.717, 1.165) is 55.2 Å². The minimum Gasteiger partial charge on any atom is -0.475 e. The minimum absolute atomic E-state index is 0. The molecule has 0 atom stereocenters. The van der Waals surface area contributed by atoms with Crippen molar-refractivity contribution in [2.24, 2.45) is 0 Å². The Hall–Kier alpha value is -5.53. The predicted octanol–water partition coefficient (Wildman–Crippen LogP) is 14.7. The smallest absolute Gasteiger partial charge is 0.125 e. The Balaban J connectivity index is 0.000000221. The second-order valence-electron chi connectivity index (χ2n) is 17.9. The summed E-state index contributed by atoms with van der Waals surface area (Å²) in [7, 11) is -1.74. The second-order valence-corrected chi connectivity index (χ2v) is 22.9. The maximum absolute atomic E-state index is 14.7. The molecule has 0 spiro atoms. The fourth-order valence-electron chi connectivity index (χ4n) is 8.22. The van der Waals surface area contributed by atoms with Crippen molar-refractivity contribution in [3.8, 4) is 39.5 Å². The van der Waals surface area contributed by atoms with E-state index in [9.17, 15) is 4.39 Å². The summed E-state index contributed by atoms with van der Waals surface area (Å²) in [6.07, 6.45) is 3.60. The third kappa shape index (κ3) is 8.86. The molecule has 9 aromatic rings. The normalized spacial score (nSPS) is 13.1. The number of hydrogen-bond acceptors (Lipinski definition) is 4. The summed E-state index contributed by atoms with van der Waals surface area (Å²) in [4.78, 5) is 14.4. The van der Waals surface area contributed by atoms with E-state index in [2.05, 4.69) is 143 Å². The van der Waals surface area contributed by atoms with Gasteiger partial charge in [0.1, 0.15) is 5.58 Å². The molecule has 0 amide bonds. The third-order valence-corrected chi connectivity index (χ3v) is 13.5. The van der Waals surface area contributed by atoms with Crippen LogP contribution in [0.3, 0.4) is 0 Å². The molecule has 5 aromatic carbocycles. The van der Waals surface area contributed by atoms with Crippen LogP contribution in [0.2, 0.25) is 19.6 Å². The number of para-hydroxylation sites is 2. The number of pyridine rings is 2. The van der Waals surface area contributed by atoms with Crippen molar-refractivity contribution >= 4 is 46.4 Å². The first-order valence-corrected chi connectivity index (χ1v) is 24.8. The van der Waals surface area contributed by atoms with Gasteiger partial charge in [0.15, 0.2) is 0 Å². The van der Waals surface area contributed by atoms with Crippen molar-refractivity contribution in [2.75, 3.05) is 0 Å². The zero-order chi connectivity index (χ0) is 47.5. The van der Waals surface area contributed by atoms with Crippen molar-refractivity contribution in [1.29, 1.82) is 0 Å². The Morgan fingerprint density at radius 1 is 0.778 bits per heavy atom. The molecule has 63 heavy (non-hydrogen) atoms. The second kappa shape index (κ2) is 18.3. The van der Waals surface area contributed by atoms with Gasteiger partial charge in [0.25, 0.3) is 0 Å². The number of fused-ring (bicyclic) bond motifs is 4. The molecular formula is C55H55FIrN4OSi-2. The van der Waals surface area contributed by atoms with E-state index in [4.69, 9.17) is 19.9 Å². The summed E-state index contributed by atoms with van der Waals surface area (Å²) in [5, 5.41) is 2.09. The Kier molecular flexibility index (Phi) is 11.7. The zero-order valence-corrected chi connectivity index (χ0v) is 40.9. The molecule has 0 bridgehead atoms. The Bertz CT molecular complexity index is 3230. The van der Waals surface area contributed by atoms with Crippen LogP contribution in [0, 0.1) is 31.7 Å². The van der Waals surface area contributed by atoms with E-state index in [1.165, 1.54) is 40.1 Å². The topological polar surface area (TPSA) is 56.7 Å². The molecule has 0 saturated heterocycles. The molecule has 0 unspecified atom stereocenters. The van der Waals surface area contributed by atoms with Gasteiger partial charge in [-0.05, 0) is 93.7 Å². The van der Waals surface area contributed by atoms with Gasteiger partial charge in [0, 0.05) is 54.2 Å². The molecule has 5 nitrogen and oxygen atoms in total. The van der Waals surface area contributed by atoms with Gasteiger partial charge < -0.3 is 19.0 Å². The minimum atomic E-state index is -2.54. The van der Waals surface area contributed by atoms with Crippen LogP contribution < -0.4 is 5.19 Å². The number of aromatic nitrogens is 4. The molecule has 0 saturated carbocycles. The molecule has 1 radical (unpaired) electrons. The van der Waals surface area contributed by atoms with Crippen LogP contribution in [0.1, 0.15) is 92.6 Å². The zero-order valence-electron chi connectivity index (χ0n) is 41.5. The van der Waals surface area contributed by atoms with Crippen LogP contribution in [0.15, 0.2) is 120 Å². The van der Waals surface area contributed by atoms with E-state index in [1.54, 1.807) is 26.1 Å². The summed E-state index contributed by atoms with van der Waals surface area (Å²) in [5.74, 6) is -0.296. The first kappa shape index (κ1) is 40.3. The number of rotatable bonds is 8. The Morgan fingerprint density at radius 3 is 2.14 bits per heavy atom. The largest absolute Gasteiger partial charge is 0.475 e. The molecule has 0 aliphatic heterocycles. The average molecular weight is 1030 g/mol. The number of hydrogen-bond donors (Lipinski definition) is 0. The number of furan rings is 1.